The second-order valence-corrected chi connectivity index (χ2v) is 5.64. The molecular formula is C17H16N4O3. The van der Waals surface area contributed by atoms with Gasteiger partial charge in [-0.15, -0.1) is 10.2 Å². The van der Waals surface area contributed by atoms with Gasteiger partial charge in [0.05, 0.1) is 18.7 Å². The third kappa shape index (κ3) is 2.63. The van der Waals surface area contributed by atoms with Crippen LogP contribution in [0.4, 0.5) is 0 Å². The lowest BCUT2D eigenvalue weighted by Gasteiger charge is -2.33. The average Bonchev–Trinajstić information content (AvgIpc) is 3.07. The van der Waals surface area contributed by atoms with E-state index in [2.05, 4.69) is 15.2 Å². The van der Waals surface area contributed by atoms with E-state index in [1.165, 1.54) is 0 Å². The number of nitrogens with zero attached hydrogens (tertiary/aromatic N) is 4. The Kier molecular flexibility index (Phi) is 3.70. The number of ether oxygens (including phenoxy) is 1. The zero-order chi connectivity index (χ0) is 16.5. The van der Waals surface area contributed by atoms with Crippen LogP contribution in [0.1, 0.15) is 28.3 Å². The molecule has 0 unspecified atom stereocenters. The molecule has 1 saturated heterocycles. The molecular weight excluding hydrogens is 308 g/mol. The predicted octanol–water partition coefficient (Wildman–Crippen LogP) is 2.14. The van der Waals surface area contributed by atoms with Crippen molar-refractivity contribution in [3.05, 3.63) is 53.9 Å². The number of carbonyl (C=O) groups excluding carboxylic acids is 1. The van der Waals surface area contributed by atoms with Gasteiger partial charge in [0.1, 0.15) is 11.7 Å². The fourth-order valence-electron chi connectivity index (χ4n) is 2.83. The number of carbonyl (C=O) groups is 1. The van der Waals surface area contributed by atoms with Crippen LogP contribution in [0.15, 0.2) is 40.8 Å². The van der Waals surface area contributed by atoms with Gasteiger partial charge in [-0.05, 0) is 12.1 Å². The largest absolute Gasteiger partial charge is 0.423 e. The molecule has 7 nitrogen and oxygen atoms in total. The number of aromatic nitrogens is 3. The Morgan fingerprint density at radius 3 is 2.92 bits per heavy atom. The Bertz CT molecular complexity index is 892. The van der Waals surface area contributed by atoms with Crippen molar-refractivity contribution in [1.29, 1.82) is 0 Å². The maximum atomic E-state index is 13.0. The quantitative estimate of drug-likeness (QED) is 0.718. The summed E-state index contributed by atoms with van der Waals surface area (Å²) in [6.45, 7) is 2.99. The first-order valence-electron chi connectivity index (χ1n) is 7.77. The monoisotopic (exact) mass is 324 g/mol. The maximum Gasteiger partial charge on any atom is 0.273 e. The van der Waals surface area contributed by atoms with E-state index in [9.17, 15) is 4.79 Å². The molecule has 1 aliphatic rings. The van der Waals surface area contributed by atoms with E-state index in [-0.39, 0.29) is 11.9 Å². The third-order valence-electron chi connectivity index (χ3n) is 4.03. The van der Waals surface area contributed by atoms with Gasteiger partial charge in [-0.2, -0.15) is 0 Å². The molecule has 1 aliphatic heterocycles. The molecule has 4 rings (SSSR count). The summed E-state index contributed by atoms with van der Waals surface area (Å²) in [4.78, 5) is 19.1. The van der Waals surface area contributed by atoms with Crippen molar-refractivity contribution < 1.29 is 13.9 Å². The lowest BCUT2D eigenvalue weighted by Crippen LogP contribution is -2.43. The Labute approximate surface area is 138 Å². The second-order valence-electron chi connectivity index (χ2n) is 5.64. The highest BCUT2D eigenvalue weighted by atomic mass is 16.5. The zero-order valence-electron chi connectivity index (χ0n) is 13.2. The van der Waals surface area contributed by atoms with Crippen LogP contribution >= 0.6 is 0 Å². The van der Waals surface area contributed by atoms with Crippen molar-refractivity contribution in [2.45, 2.75) is 13.0 Å². The normalized spacial score (nSPS) is 18.0. The Balaban J connectivity index is 1.67. The highest BCUT2D eigenvalue weighted by Gasteiger charge is 2.33. The van der Waals surface area contributed by atoms with Gasteiger partial charge in [0, 0.05) is 18.9 Å². The van der Waals surface area contributed by atoms with Crippen molar-refractivity contribution in [3.63, 3.8) is 0 Å². The van der Waals surface area contributed by atoms with E-state index in [4.69, 9.17) is 9.15 Å². The standard InChI is InChI=1S/C17H16N4O3/c1-11-19-20-16(24-11)15-10-23-9-8-21(15)17(22)14-7-6-12-4-2-3-5-13(12)18-14/h2-7,15H,8-10H2,1H3/t15-/m1/s1. The fraction of sp³-hybridized carbons (Fsp3) is 0.294. The van der Waals surface area contributed by atoms with E-state index < -0.39 is 0 Å². The number of benzene rings is 1. The summed E-state index contributed by atoms with van der Waals surface area (Å²) >= 11 is 0. The molecule has 1 amide bonds. The summed E-state index contributed by atoms with van der Waals surface area (Å²) in [5, 5.41) is 8.88. The van der Waals surface area contributed by atoms with Gasteiger partial charge < -0.3 is 14.1 Å². The van der Waals surface area contributed by atoms with Gasteiger partial charge in [-0.25, -0.2) is 4.98 Å². The Hall–Kier alpha value is -2.80. The molecule has 3 heterocycles. The lowest BCUT2D eigenvalue weighted by molar-refractivity contribution is -0.0109. The minimum Gasteiger partial charge on any atom is -0.423 e. The van der Waals surface area contributed by atoms with Crippen molar-refractivity contribution in [2.75, 3.05) is 19.8 Å². The van der Waals surface area contributed by atoms with Crippen molar-refractivity contribution in [3.8, 4) is 0 Å². The Morgan fingerprint density at radius 1 is 1.21 bits per heavy atom. The highest BCUT2D eigenvalue weighted by molar-refractivity contribution is 5.95. The lowest BCUT2D eigenvalue weighted by atomic mass is 10.1. The number of amides is 1. The number of pyridine rings is 1. The number of hydrogen-bond donors (Lipinski definition) is 0. The molecule has 0 radical (unpaired) electrons. The molecule has 1 aromatic carbocycles. The summed E-state index contributed by atoms with van der Waals surface area (Å²) in [6.07, 6.45) is 0. The van der Waals surface area contributed by atoms with Crippen LogP contribution < -0.4 is 0 Å². The van der Waals surface area contributed by atoms with E-state index >= 15 is 0 Å². The SMILES string of the molecule is Cc1nnc([C@H]2COCCN2C(=O)c2ccc3ccccc3n2)o1. The molecule has 1 fully saturated rings. The summed E-state index contributed by atoms with van der Waals surface area (Å²) < 4.78 is 11.0. The molecule has 122 valence electrons. The first kappa shape index (κ1) is 14.8. The van der Waals surface area contributed by atoms with Gasteiger partial charge >= 0.3 is 0 Å². The van der Waals surface area contributed by atoms with Crippen LogP contribution in [0.3, 0.4) is 0 Å². The van der Waals surface area contributed by atoms with Gasteiger partial charge in [0.25, 0.3) is 5.91 Å². The van der Waals surface area contributed by atoms with Crippen LogP contribution in [-0.4, -0.2) is 45.7 Å². The van der Waals surface area contributed by atoms with E-state index in [0.29, 0.717) is 37.2 Å². The number of para-hydroxylation sites is 1. The minimum atomic E-state index is -0.388. The van der Waals surface area contributed by atoms with Crippen LogP contribution in [0.5, 0.6) is 0 Å². The van der Waals surface area contributed by atoms with Gasteiger partial charge in [0.2, 0.25) is 11.8 Å². The first-order chi connectivity index (χ1) is 11.7. The maximum absolute atomic E-state index is 13.0. The number of aryl methyl sites for hydroxylation is 1. The number of fused-ring (bicyclic) bond motifs is 1. The number of rotatable bonds is 2. The van der Waals surface area contributed by atoms with Crippen molar-refractivity contribution in [1.82, 2.24) is 20.1 Å². The topological polar surface area (TPSA) is 81.4 Å². The summed E-state index contributed by atoms with van der Waals surface area (Å²) in [5.41, 5.74) is 1.19. The molecule has 1 atom stereocenters. The Morgan fingerprint density at radius 2 is 2.08 bits per heavy atom. The van der Waals surface area contributed by atoms with Crippen molar-refractivity contribution >= 4 is 16.8 Å². The number of hydrogen-bond acceptors (Lipinski definition) is 6. The van der Waals surface area contributed by atoms with Gasteiger partial charge in [-0.1, -0.05) is 24.3 Å². The molecule has 0 aliphatic carbocycles. The predicted molar refractivity (Wildman–Crippen MR) is 85.4 cm³/mol. The van der Waals surface area contributed by atoms with Gasteiger partial charge in [-0.3, -0.25) is 4.79 Å². The van der Waals surface area contributed by atoms with Crippen LogP contribution in [0, 0.1) is 6.92 Å². The summed E-state index contributed by atoms with van der Waals surface area (Å²) in [5.74, 6) is 0.693. The van der Waals surface area contributed by atoms with Crippen LogP contribution in [0.2, 0.25) is 0 Å². The zero-order valence-corrected chi connectivity index (χ0v) is 13.2. The smallest absolute Gasteiger partial charge is 0.273 e. The molecule has 7 heteroatoms. The average molecular weight is 324 g/mol. The second kappa shape index (κ2) is 6.01. The molecule has 3 aromatic rings. The summed E-state index contributed by atoms with van der Waals surface area (Å²) in [7, 11) is 0. The fourth-order valence-corrected chi connectivity index (χ4v) is 2.83. The number of morpholine rings is 1. The van der Waals surface area contributed by atoms with Crippen LogP contribution in [-0.2, 0) is 4.74 Å². The molecule has 0 spiro atoms. The highest BCUT2D eigenvalue weighted by Crippen LogP contribution is 2.25. The molecule has 0 saturated carbocycles. The first-order valence-corrected chi connectivity index (χ1v) is 7.77. The molecule has 0 bridgehead atoms. The van der Waals surface area contributed by atoms with Crippen LogP contribution in [0.25, 0.3) is 10.9 Å². The molecule has 0 N–H and O–H groups in total. The van der Waals surface area contributed by atoms with E-state index in [1.54, 1.807) is 17.9 Å². The van der Waals surface area contributed by atoms with Crippen molar-refractivity contribution in [2.24, 2.45) is 0 Å². The molecule has 2 aromatic heterocycles. The summed E-state index contributed by atoms with van der Waals surface area (Å²) in [6, 6.07) is 11.0. The van der Waals surface area contributed by atoms with E-state index in [1.807, 2.05) is 30.3 Å². The minimum absolute atomic E-state index is 0.162. The van der Waals surface area contributed by atoms with Gasteiger partial charge in [0.15, 0.2) is 0 Å². The third-order valence-corrected chi connectivity index (χ3v) is 4.03. The van der Waals surface area contributed by atoms with E-state index in [0.717, 1.165) is 10.9 Å². The molecule has 24 heavy (non-hydrogen) atoms.